The van der Waals surface area contributed by atoms with Gasteiger partial charge >= 0.3 is 5.69 Å². The Bertz CT molecular complexity index is 2120. The number of carbonyl (C=O) groups excluding carboxylic acids is 1. The van der Waals surface area contributed by atoms with Crippen molar-refractivity contribution in [2.24, 2.45) is 11.3 Å². The Morgan fingerprint density at radius 3 is 2.59 bits per heavy atom. The molecule has 3 aromatic heterocycles. The van der Waals surface area contributed by atoms with Crippen LogP contribution < -0.4 is 19.7 Å². The molecule has 3 saturated heterocycles. The standard InChI is InChI=1S/C37H44N8O7S2/c46-36(42-54(49,50)30-19-32(45(47)48)35(41-24-30)39-22-25-4-15-53-16-5-25)31-2-1-27(18-33(31)52-29-17-26-3-8-38-34(26)40-23-29)43-9-6-37(7-10-43)20-28(21-37)44-11-13-51-14-12-44/h1-3,8,17-19,23-25,28H,4-7,9-16,20-22H2,(H,38,40)(H,39,41)(H,42,46). The number of carbonyl (C=O) groups is 1. The third-order valence-corrected chi connectivity index (χ3v) is 13.7. The molecular formula is C37H44N8O7S2. The number of piperidine rings is 1. The minimum atomic E-state index is -4.57. The number of amides is 1. The number of aromatic nitrogens is 3. The van der Waals surface area contributed by atoms with E-state index in [1.165, 1.54) is 19.0 Å². The predicted octanol–water partition coefficient (Wildman–Crippen LogP) is 5.41. The maximum absolute atomic E-state index is 13.8. The Labute approximate surface area is 317 Å². The summed E-state index contributed by atoms with van der Waals surface area (Å²) in [6.07, 6.45) is 10.8. The molecule has 3 N–H and O–H groups in total. The summed E-state index contributed by atoms with van der Waals surface area (Å²) in [6.45, 7) is 5.82. The van der Waals surface area contributed by atoms with E-state index >= 15 is 0 Å². The molecule has 4 aromatic rings. The quantitative estimate of drug-likeness (QED) is 0.130. The minimum Gasteiger partial charge on any atom is -0.455 e. The molecule has 1 amide bonds. The third kappa shape index (κ3) is 7.85. The van der Waals surface area contributed by atoms with Gasteiger partial charge in [-0.15, -0.1) is 0 Å². The molecule has 0 unspecified atom stereocenters. The normalized spacial score (nSPS) is 19.7. The topological polar surface area (TPSA) is 185 Å². The van der Waals surface area contributed by atoms with Crippen molar-refractivity contribution in [3.05, 3.63) is 70.7 Å². The number of nitro groups is 1. The first kappa shape index (κ1) is 36.5. The van der Waals surface area contributed by atoms with Crippen LogP contribution in [0.2, 0.25) is 0 Å². The van der Waals surface area contributed by atoms with E-state index < -0.39 is 31.4 Å². The lowest BCUT2D eigenvalue weighted by molar-refractivity contribution is -0.384. The second-order valence-electron chi connectivity index (χ2n) is 14.7. The van der Waals surface area contributed by atoms with E-state index in [0.717, 1.165) is 99.9 Å². The number of sulfonamides is 1. The molecule has 1 spiro atoms. The van der Waals surface area contributed by atoms with E-state index in [9.17, 15) is 23.3 Å². The zero-order valence-electron chi connectivity index (χ0n) is 29.9. The summed E-state index contributed by atoms with van der Waals surface area (Å²) in [5.74, 6) is 1.96. The van der Waals surface area contributed by atoms with Gasteiger partial charge in [-0.05, 0) is 85.6 Å². The van der Waals surface area contributed by atoms with Gasteiger partial charge in [-0.3, -0.25) is 19.8 Å². The van der Waals surface area contributed by atoms with Gasteiger partial charge in [-0.2, -0.15) is 11.8 Å². The number of H-pyrrole nitrogens is 1. The molecule has 15 nitrogen and oxygen atoms in total. The van der Waals surface area contributed by atoms with Gasteiger partial charge in [0.15, 0.2) is 0 Å². The van der Waals surface area contributed by atoms with Crippen molar-refractivity contribution in [1.29, 1.82) is 0 Å². The summed E-state index contributed by atoms with van der Waals surface area (Å²) in [5, 5.41) is 15.8. The fourth-order valence-electron chi connectivity index (χ4n) is 8.15. The fourth-order valence-corrected chi connectivity index (χ4v) is 10.3. The van der Waals surface area contributed by atoms with Gasteiger partial charge in [0.1, 0.15) is 22.0 Å². The van der Waals surface area contributed by atoms with Gasteiger partial charge in [-0.1, -0.05) is 0 Å². The van der Waals surface area contributed by atoms with Gasteiger partial charge in [0.25, 0.3) is 15.9 Å². The zero-order valence-corrected chi connectivity index (χ0v) is 31.5. The average Bonchev–Trinajstić information content (AvgIpc) is 3.65. The minimum absolute atomic E-state index is 0.0133. The van der Waals surface area contributed by atoms with Crippen LogP contribution in [0.3, 0.4) is 0 Å². The monoisotopic (exact) mass is 776 g/mol. The average molecular weight is 777 g/mol. The second-order valence-corrected chi connectivity index (χ2v) is 17.6. The van der Waals surface area contributed by atoms with Crippen LogP contribution in [0.1, 0.15) is 48.9 Å². The van der Waals surface area contributed by atoms with Gasteiger partial charge in [0.05, 0.1) is 36.1 Å². The third-order valence-electron chi connectivity index (χ3n) is 11.4. The van der Waals surface area contributed by atoms with Crippen LogP contribution in [0.5, 0.6) is 11.5 Å². The Kier molecular flexibility index (Phi) is 10.4. The zero-order chi connectivity index (χ0) is 37.3. The van der Waals surface area contributed by atoms with E-state index in [4.69, 9.17) is 9.47 Å². The maximum atomic E-state index is 13.8. The van der Waals surface area contributed by atoms with Crippen molar-refractivity contribution in [1.82, 2.24) is 24.6 Å². The SMILES string of the molecule is O=C(NS(=O)(=O)c1cnc(NCC2CCSCC2)c([N+](=O)[O-])c1)c1ccc(N2CCC3(CC2)CC(N2CCOCC2)C3)cc1Oc1cnc2[nH]ccc2c1. The number of hydrogen-bond acceptors (Lipinski definition) is 13. The van der Waals surface area contributed by atoms with Gasteiger partial charge in [0.2, 0.25) is 5.82 Å². The Morgan fingerprint density at radius 2 is 1.83 bits per heavy atom. The molecule has 1 saturated carbocycles. The number of rotatable bonds is 11. The number of aromatic amines is 1. The molecule has 4 fully saturated rings. The number of fused-ring (bicyclic) bond motifs is 1. The van der Waals surface area contributed by atoms with Crippen LogP contribution in [-0.4, -0.2) is 103 Å². The van der Waals surface area contributed by atoms with Crippen molar-refractivity contribution < 1.29 is 27.6 Å². The number of nitrogens with one attached hydrogen (secondary N) is 3. The van der Waals surface area contributed by atoms with Crippen molar-refractivity contribution in [3.63, 3.8) is 0 Å². The molecule has 0 atom stereocenters. The largest absolute Gasteiger partial charge is 0.455 e. The first-order valence-electron chi connectivity index (χ1n) is 18.5. The lowest BCUT2D eigenvalue weighted by atomic mass is 9.60. The van der Waals surface area contributed by atoms with Crippen LogP contribution >= 0.6 is 11.8 Å². The summed E-state index contributed by atoms with van der Waals surface area (Å²) < 4.78 is 41.0. The van der Waals surface area contributed by atoms with E-state index in [1.54, 1.807) is 30.5 Å². The summed E-state index contributed by atoms with van der Waals surface area (Å²) >= 11 is 1.88. The van der Waals surface area contributed by atoms with Crippen molar-refractivity contribution in [2.75, 3.05) is 67.7 Å². The molecule has 17 heteroatoms. The van der Waals surface area contributed by atoms with Gasteiger partial charge < -0.3 is 24.7 Å². The predicted molar refractivity (Wildman–Crippen MR) is 206 cm³/mol. The van der Waals surface area contributed by atoms with Crippen molar-refractivity contribution in [3.8, 4) is 11.5 Å². The van der Waals surface area contributed by atoms with Crippen LogP contribution in [0.25, 0.3) is 11.0 Å². The molecule has 0 bridgehead atoms. The fraction of sp³-hybridized carbons (Fsp3) is 0.486. The smallest absolute Gasteiger partial charge is 0.312 e. The molecule has 0 radical (unpaired) electrons. The van der Waals surface area contributed by atoms with Crippen LogP contribution in [0.15, 0.2) is 59.9 Å². The lowest BCUT2D eigenvalue weighted by Crippen LogP contribution is -2.57. The number of pyridine rings is 2. The van der Waals surface area contributed by atoms with Crippen LogP contribution in [-0.2, 0) is 14.8 Å². The van der Waals surface area contributed by atoms with Gasteiger partial charge in [-0.25, -0.2) is 23.1 Å². The van der Waals surface area contributed by atoms with Crippen molar-refractivity contribution in [2.45, 2.75) is 49.5 Å². The molecule has 6 heterocycles. The highest BCUT2D eigenvalue weighted by molar-refractivity contribution is 7.99. The molecule has 1 aliphatic carbocycles. The lowest BCUT2D eigenvalue weighted by Gasteiger charge is -2.56. The summed E-state index contributed by atoms with van der Waals surface area (Å²) in [4.78, 5) is 41.0. The number of benzene rings is 1. The summed E-state index contributed by atoms with van der Waals surface area (Å²) in [5.41, 5.74) is 1.36. The summed E-state index contributed by atoms with van der Waals surface area (Å²) in [6, 6.07) is 10.3. The first-order chi connectivity index (χ1) is 26.1. The van der Waals surface area contributed by atoms with E-state index in [2.05, 4.69) is 34.8 Å². The van der Waals surface area contributed by atoms with E-state index in [-0.39, 0.29) is 17.1 Å². The highest BCUT2D eigenvalue weighted by Crippen LogP contribution is 2.51. The molecular weight excluding hydrogens is 733 g/mol. The Balaban J connectivity index is 0.997. The van der Waals surface area contributed by atoms with Gasteiger partial charge in [0, 0.05) is 68.2 Å². The Morgan fingerprint density at radius 1 is 1.06 bits per heavy atom. The number of morpholine rings is 1. The highest BCUT2D eigenvalue weighted by Gasteiger charge is 2.48. The molecule has 54 heavy (non-hydrogen) atoms. The molecule has 286 valence electrons. The number of hydrogen-bond donors (Lipinski definition) is 3. The second kappa shape index (κ2) is 15.4. The van der Waals surface area contributed by atoms with Crippen molar-refractivity contribution >= 4 is 55.9 Å². The number of ether oxygens (including phenoxy) is 2. The first-order valence-corrected chi connectivity index (χ1v) is 21.1. The summed E-state index contributed by atoms with van der Waals surface area (Å²) in [7, 11) is -4.57. The molecule has 4 aliphatic rings. The Hall–Kier alpha value is -4.45. The maximum Gasteiger partial charge on any atom is 0.312 e. The number of anilines is 2. The molecule has 1 aromatic carbocycles. The van der Waals surface area contributed by atoms with E-state index in [0.29, 0.717) is 35.3 Å². The van der Waals surface area contributed by atoms with Crippen LogP contribution in [0, 0.1) is 21.4 Å². The number of nitrogens with zero attached hydrogens (tertiary/aromatic N) is 5. The highest BCUT2D eigenvalue weighted by atomic mass is 32.2. The molecule has 3 aliphatic heterocycles. The number of thioether (sulfide) groups is 1. The van der Waals surface area contributed by atoms with Crippen LogP contribution in [0.4, 0.5) is 17.2 Å². The van der Waals surface area contributed by atoms with E-state index in [1.807, 2.05) is 17.8 Å². The molecule has 8 rings (SSSR count).